The van der Waals surface area contributed by atoms with Crippen molar-refractivity contribution in [2.45, 2.75) is 19.9 Å². The summed E-state index contributed by atoms with van der Waals surface area (Å²) in [6.07, 6.45) is 0. The van der Waals surface area contributed by atoms with Crippen molar-refractivity contribution in [2.75, 3.05) is 0 Å². The van der Waals surface area contributed by atoms with Crippen molar-refractivity contribution in [1.29, 1.82) is 0 Å². The van der Waals surface area contributed by atoms with E-state index in [1.165, 1.54) is 0 Å². The van der Waals surface area contributed by atoms with Gasteiger partial charge in [0.05, 0.1) is 0 Å². The van der Waals surface area contributed by atoms with E-state index in [0.717, 1.165) is 0 Å². The Hall–Kier alpha value is 0.0249. The number of hydrogen-bond acceptors (Lipinski definition) is 1. The smallest absolute Gasteiger partial charge is 0 e. The molecule has 2 N–H and O–H groups in total. The quantitative estimate of drug-likeness (QED) is 0.398. The highest BCUT2D eigenvalue weighted by Crippen LogP contribution is 1.58. The van der Waals surface area contributed by atoms with Gasteiger partial charge in [-0.2, -0.15) is 0 Å². The summed E-state index contributed by atoms with van der Waals surface area (Å²) in [5, 5.41) is 0. The van der Waals surface area contributed by atoms with Gasteiger partial charge in [0.2, 0.25) is 0 Å². The van der Waals surface area contributed by atoms with Crippen molar-refractivity contribution >= 4 is 8.41 Å². The first kappa shape index (κ1) is 8.90. The summed E-state index contributed by atoms with van der Waals surface area (Å²) < 4.78 is 0. The Morgan fingerprint density at radius 3 is 1.40 bits per heavy atom. The van der Waals surface area contributed by atoms with Crippen LogP contribution < -0.4 is 5.73 Å². The molecule has 5 heavy (non-hydrogen) atoms. The number of hydrogen-bond donors (Lipinski definition) is 1. The largest absolute Gasteiger partial charge is 0.328 e. The van der Waals surface area contributed by atoms with Gasteiger partial charge in [0.15, 0.2) is 0 Å². The average Bonchev–Trinajstić information content (AvgIpc) is 0.811. The van der Waals surface area contributed by atoms with Gasteiger partial charge in [-0.15, -0.1) is 0 Å². The molecule has 0 atom stereocenters. The predicted octanol–water partition coefficient (Wildman–Crippen LogP) is -0.0273. The molecular weight excluding hydrogens is 60.9 g/mol. The van der Waals surface area contributed by atoms with Crippen LogP contribution in [0.2, 0.25) is 0 Å². The summed E-state index contributed by atoms with van der Waals surface area (Å²) in [6, 6.07) is 0.333. The maximum atomic E-state index is 5.11. The van der Waals surface area contributed by atoms with Crippen molar-refractivity contribution in [1.82, 2.24) is 0 Å². The fourth-order valence-electron chi connectivity index (χ4n) is 0. The third-order valence-electron chi connectivity index (χ3n) is 0. The Labute approximate surface area is 35.1 Å². The maximum absolute atomic E-state index is 5.11. The molecule has 0 saturated carbocycles. The second-order valence-electron chi connectivity index (χ2n) is 1.24. The Morgan fingerprint density at radius 1 is 1.40 bits per heavy atom. The Balaban J connectivity index is 0. The monoisotopic (exact) mass is 70.1 g/mol. The predicted molar refractivity (Wildman–Crippen MR) is 25.1 cm³/mol. The Morgan fingerprint density at radius 2 is 1.40 bits per heavy atom. The molecule has 0 amide bonds. The van der Waals surface area contributed by atoms with E-state index in [1.54, 1.807) is 0 Å². The van der Waals surface area contributed by atoms with Crippen molar-refractivity contribution < 1.29 is 0 Å². The van der Waals surface area contributed by atoms with Crippen molar-refractivity contribution in [3.05, 3.63) is 0 Å². The Bertz CT molecular complexity index is 11.6. The molecule has 0 aromatic heterocycles. The first-order chi connectivity index (χ1) is 1.73. The van der Waals surface area contributed by atoms with Gasteiger partial charge in [0.1, 0.15) is 0 Å². The van der Waals surface area contributed by atoms with Crippen LogP contribution in [0.1, 0.15) is 13.8 Å². The highest BCUT2D eigenvalue weighted by molar-refractivity contribution is 5.75. The van der Waals surface area contributed by atoms with E-state index in [9.17, 15) is 0 Å². The average molecular weight is 69.9 g/mol. The molecule has 0 aliphatic rings. The van der Waals surface area contributed by atoms with Crippen LogP contribution in [-0.4, -0.2) is 14.5 Å². The first-order valence-electron chi connectivity index (χ1n) is 1.49. The SMILES string of the molecule is CC(C)N.[B]. The van der Waals surface area contributed by atoms with Crippen molar-refractivity contribution in [2.24, 2.45) is 5.73 Å². The zero-order valence-corrected chi connectivity index (χ0v) is 3.73. The molecule has 0 aromatic rings. The fraction of sp³-hybridized carbons (Fsp3) is 1.00. The van der Waals surface area contributed by atoms with E-state index in [2.05, 4.69) is 0 Å². The minimum Gasteiger partial charge on any atom is -0.328 e. The van der Waals surface area contributed by atoms with Gasteiger partial charge in [0.25, 0.3) is 0 Å². The zero-order valence-electron chi connectivity index (χ0n) is 3.73. The molecule has 0 aliphatic carbocycles. The molecule has 29 valence electrons. The summed E-state index contributed by atoms with van der Waals surface area (Å²) >= 11 is 0. The van der Waals surface area contributed by atoms with Gasteiger partial charge in [-0.3, -0.25) is 0 Å². The van der Waals surface area contributed by atoms with Crippen LogP contribution in [0.3, 0.4) is 0 Å². The van der Waals surface area contributed by atoms with Crippen molar-refractivity contribution in [3.63, 3.8) is 0 Å². The zero-order chi connectivity index (χ0) is 3.58. The minimum atomic E-state index is 0. The summed E-state index contributed by atoms with van der Waals surface area (Å²) in [5.41, 5.74) is 5.11. The van der Waals surface area contributed by atoms with Gasteiger partial charge in [0, 0.05) is 8.41 Å². The molecule has 0 aliphatic heterocycles. The molecule has 0 bridgehead atoms. The molecule has 0 aromatic carbocycles. The van der Waals surface area contributed by atoms with Gasteiger partial charge in [-0.1, -0.05) is 13.8 Å². The maximum Gasteiger partial charge on any atom is 0 e. The van der Waals surface area contributed by atoms with Crippen molar-refractivity contribution in [3.8, 4) is 0 Å². The fourth-order valence-corrected chi connectivity index (χ4v) is 0. The van der Waals surface area contributed by atoms with Crippen LogP contribution in [0, 0.1) is 0 Å². The summed E-state index contributed by atoms with van der Waals surface area (Å²) in [6.45, 7) is 3.89. The van der Waals surface area contributed by atoms with E-state index in [-0.39, 0.29) is 8.41 Å². The summed E-state index contributed by atoms with van der Waals surface area (Å²) in [7, 11) is 0. The third kappa shape index (κ3) is 26500. The summed E-state index contributed by atoms with van der Waals surface area (Å²) in [4.78, 5) is 0. The number of nitrogens with two attached hydrogens (primary N) is 1. The van der Waals surface area contributed by atoms with Crippen LogP contribution in [0.15, 0.2) is 0 Å². The molecule has 0 rings (SSSR count). The van der Waals surface area contributed by atoms with Crippen LogP contribution in [0.4, 0.5) is 0 Å². The lowest BCUT2D eigenvalue weighted by Crippen LogP contribution is -2.06. The molecule has 0 heterocycles. The van der Waals surface area contributed by atoms with E-state index in [4.69, 9.17) is 5.73 Å². The van der Waals surface area contributed by atoms with Crippen LogP contribution in [-0.2, 0) is 0 Å². The van der Waals surface area contributed by atoms with E-state index < -0.39 is 0 Å². The second-order valence-corrected chi connectivity index (χ2v) is 1.24. The van der Waals surface area contributed by atoms with E-state index >= 15 is 0 Å². The number of rotatable bonds is 0. The molecule has 2 heteroatoms. The highest BCUT2D eigenvalue weighted by atomic mass is 14.6. The van der Waals surface area contributed by atoms with Gasteiger partial charge in [-0.25, -0.2) is 0 Å². The molecule has 0 fully saturated rings. The standard InChI is InChI=1S/C3H9N.B/c1-3(2)4;/h3H,4H2,1-2H3;. The first-order valence-corrected chi connectivity index (χ1v) is 1.49. The molecule has 0 spiro atoms. The molecule has 1 nitrogen and oxygen atoms in total. The third-order valence-corrected chi connectivity index (χ3v) is 0. The normalized spacial score (nSPS) is 7.20. The van der Waals surface area contributed by atoms with E-state index in [1.807, 2.05) is 13.8 Å². The second kappa shape index (κ2) is 4.02. The molecule has 3 radical (unpaired) electrons. The van der Waals surface area contributed by atoms with Crippen LogP contribution >= 0.6 is 0 Å². The van der Waals surface area contributed by atoms with Crippen LogP contribution in [0.5, 0.6) is 0 Å². The highest BCUT2D eigenvalue weighted by Gasteiger charge is 1.67. The molecular formula is C3H9BN. The van der Waals surface area contributed by atoms with Gasteiger partial charge >= 0.3 is 0 Å². The van der Waals surface area contributed by atoms with Gasteiger partial charge in [-0.05, 0) is 6.04 Å². The lowest BCUT2D eigenvalue weighted by atomic mass is 10.5. The van der Waals surface area contributed by atoms with Crippen LogP contribution in [0.25, 0.3) is 0 Å². The molecule has 0 saturated heterocycles. The lowest BCUT2D eigenvalue weighted by Gasteiger charge is -1.81. The van der Waals surface area contributed by atoms with E-state index in [0.29, 0.717) is 6.04 Å². The molecule has 0 unspecified atom stereocenters. The summed E-state index contributed by atoms with van der Waals surface area (Å²) in [5.74, 6) is 0. The Kier molecular flexibility index (Phi) is 7.16. The lowest BCUT2D eigenvalue weighted by molar-refractivity contribution is 0.834. The van der Waals surface area contributed by atoms with Gasteiger partial charge < -0.3 is 5.73 Å². The topological polar surface area (TPSA) is 26.0 Å². The minimum absolute atomic E-state index is 0.